The summed E-state index contributed by atoms with van der Waals surface area (Å²) in [5.41, 5.74) is 3.19. The zero-order chi connectivity index (χ0) is 25.7. The van der Waals surface area contributed by atoms with Gasteiger partial charge in [-0.2, -0.15) is 0 Å². The second-order valence-corrected chi connectivity index (χ2v) is 9.15. The van der Waals surface area contributed by atoms with Crippen LogP contribution in [0.25, 0.3) is 0 Å². The molecule has 0 fully saturated rings. The molecular formula is C28H24O8. The molecule has 0 aliphatic heterocycles. The van der Waals surface area contributed by atoms with Gasteiger partial charge in [-0.25, -0.2) is 0 Å². The maximum Gasteiger partial charge on any atom is 0.122 e. The molecule has 8 heteroatoms. The molecule has 0 amide bonds. The van der Waals surface area contributed by atoms with Crippen LogP contribution in [-0.2, 0) is 25.7 Å². The average Bonchev–Trinajstić information content (AvgIpc) is 2.79. The van der Waals surface area contributed by atoms with Crippen LogP contribution in [-0.4, -0.2) is 40.9 Å². The summed E-state index contributed by atoms with van der Waals surface area (Å²) in [5.74, 6) is -1.53. The fourth-order valence-electron chi connectivity index (χ4n) is 4.65. The number of hydrogen-bond acceptors (Lipinski definition) is 8. The number of rotatable bonds is 0. The Labute approximate surface area is 205 Å². The smallest absolute Gasteiger partial charge is 0.122 e. The van der Waals surface area contributed by atoms with Crippen molar-refractivity contribution in [3.05, 3.63) is 93.0 Å². The number of aromatic hydroxyl groups is 8. The van der Waals surface area contributed by atoms with Crippen LogP contribution < -0.4 is 0 Å². The number of phenols is 8. The van der Waals surface area contributed by atoms with Gasteiger partial charge < -0.3 is 40.9 Å². The van der Waals surface area contributed by atoms with Gasteiger partial charge in [-0.05, 0) is 68.8 Å². The highest BCUT2D eigenvalue weighted by Gasteiger charge is 2.19. The summed E-state index contributed by atoms with van der Waals surface area (Å²) in [4.78, 5) is 0. The minimum absolute atomic E-state index is 0.0673. The Kier molecular flexibility index (Phi) is 5.44. The summed E-state index contributed by atoms with van der Waals surface area (Å²) in [6.07, 6.45) is 0.269. The summed E-state index contributed by atoms with van der Waals surface area (Å²) in [6.45, 7) is 0. The molecule has 0 radical (unpaired) electrons. The largest absolute Gasteiger partial charge is 0.508 e. The Morgan fingerprint density at radius 3 is 0.528 bits per heavy atom. The Bertz CT molecular complexity index is 1200. The van der Waals surface area contributed by atoms with Crippen molar-refractivity contribution in [1.29, 1.82) is 0 Å². The molecule has 0 unspecified atom stereocenters. The Hall–Kier alpha value is -4.72. The highest BCUT2D eigenvalue weighted by Crippen LogP contribution is 2.39. The molecule has 4 aromatic carbocycles. The van der Waals surface area contributed by atoms with Crippen molar-refractivity contribution in [3.63, 3.8) is 0 Å². The first-order chi connectivity index (χ1) is 17.1. The molecule has 0 saturated heterocycles. The van der Waals surface area contributed by atoms with Crippen LogP contribution in [0.4, 0.5) is 0 Å². The van der Waals surface area contributed by atoms with Crippen LogP contribution in [0.3, 0.4) is 0 Å². The molecule has 8 nitrogen and oxygen atoms in total. The molecule has 184 valence electrons. The summed E-state index contributed by atoms with van der Waals surface area (Å²) in [7, 11) is 0. The fraction of sp³-hybridized carbons (Fsp3) is 0.143. The van der Waals surface area contributed by atoms with E-state index in [4.69, 9.17) is 0 Å². The van der Waals surface area contributed by atoms with Gasteiger partial charge in [0.2, 0.25) is 0 Å². The number of fused-ring (bicyclic) bond motifs is 8. The van der Waals surface area contributed by atoms with Gasteiger partial charge in [0.15, 0.2) is 0 Å². The number of hydrogen-bond donors (Lipinski definition) is 8. The van der Waals surface area contributed by atoms with Crippen molar-refractivity contribution in [2.75, 3.05) is 0 Å². The maximum atomic E-state index is 10.5. The molecule has 0 spiro atoms. The van der Waals surface area contributed by atoms with Crippen LogP contribution in [0.1, 0.15) is 44.5 Å². The van der Waals surface area contributed by atoms with Gasteiger partial charge in [0.05, 0.1) is 0 Å². The number of benzene rings is 4. The molecule has 36 heavy (non-hydrogen) atoms. The third kappa shape index (κ3) is 4.13. The molecular weight excluding hydrogens is 464 g/mol. The van der Waals surface area contributed by atoms with E-state index in [-0.39, 0.29) is 71.7 Å². The van der Waals surface area contributed by atoms with E-state index < -0.39 is 0 Å². The summed E-state index contributed by atoms with van der Waals surface area (Å²) in [6, 6.07) is 11.0. The Morgan fingerprint density at radius 2 is 0.389 bits per heavy atom. The van der Waals surface area contributed by atoms with Gasteiger partial charge in [0, 0.05) is 49.9 Å². The van der Waals surface area contributed by atoms with Crippen LogP contribution >= 0.6 is 0 Å². The first-order valence-electron chi connectivity index (χ1n) is 11.2. The highest BCUT2D eigenvalue weighted by molar-refractivity contribution is 5.57. The molecule has 0 atom stereocenters. The zero-order valence-corrected chi connectivity index (χ0v) is 19.0. The molecule has 8 N–H and O–H groups in total. The first kappa shape index (κ1) is 23.0. The van der Waals surface area contributed by atoms with Crippen molar-refractivity contribution in [2.24, 2.45) is 0 Å². The van der Waals surface area contributed by atoms with E-state index in [1.165, 1.54) is 24.3 Å². The minimum Gasteiger partial charge on any atom is -0.508 e. The van der Waals surface area contributed by atoms with Crippen LogP contribution in [0.2, 0.25) is 0 Å². The summed E-state index contributed by atoms with van der Waals surface area (Å²) >= 11 is 0. The summed E-state index contributed by atoms with van der Waals surface area (Å²) in [5, 5.41) is 83.7. The van der Waals surface area contributed by atoms with Crippen molar-refractivity contribution in [3.8, 4) is 46.0 Å². The Morgan fingerprint density at radius 1 is 0.250 bits per heavy atom. The van der Waals surface area contributed by atoms with E-state index in [1.807, 2.05) is 0 Å². The third-order valence-corrected chi connectivity index (χ3v) is 6.64. The molecule has 5 rings (SSSR count). The minimum atomic E-state index is -0.192. The summed E-state index contributed by atoms with van der Waals surface area (Å²) < 4.78 is 0. The molecule has 0 heterocycles. The Balaban J connectivity index is 1.75. The lowest BCUT2D eigenvalue weighted by Gasteiger charge is -2.17. The van der Waals surface area contributed by atoms with Gasteiger partial charge >= 0.3 is 0 Å². The van der Waals surface area contributed by atoms with E-state index in [1.54, 1.807) is 24.3 Å². The van der Waals surface area contributed by atoms with Crippen molar-refractivity contribution in [1.82, 2.24) is 0 Å². The topological polar surface area (TPSA) is 162 Å². The molecule has 0 saturated carbocycles. The van der Waals surface area contributed by atoms with E-state index in [0.717, 1.165) is 0 Å². The lowest BCUT2D eigenvalue weighted by molar-refractivity contribution is 0.437. The highest BCUT2D eigenvalue weighted by atomic mass is 16.3. The van der Waals surface area contributed by atoms with Crippen LogP contribution in [0, 0.1) is 0 Å². The SMILES string of the molecule is Oc1cc(O)c2cc1Cc1cc(c(O)cc1O)Cc1cc(c(O)cc1O)Cc1cc(c(O)cc1O)C2. The van der Waals surface area contributed by atoms with E-state index in [2.05, 4.69) is 0 Å². The molecule has 8 bridgehead atoms. The van der Waals surface area contributed by atoms with Crippen LogP contribution in [0.15, 0.2) is 48.5 Å². The average molecular weight is 488 g/mol. The van der Waals surface area contributed by atoms with E-state index >= 15 is 0 Å². The maximum absolute atomic E-state index is 10.5. The van der Waals surface area contributed by atoms with E-state index in [0.29, 0.717) is 44.5 Å². The monoisotopic (exact) mass is 488 g/mol. The van der Waals surface area contributed by atoms with Crippen molar-refractivity contribution < 1.29 is 40.9 Å². The normalized spacial score (nSPS) is 12.9. The van der Waals surface area contributed by atoms with Gasteiger partial charge in [-0.15, -0.1) is 0 Å². The van der Waals surface area contributed by atoms with Gasteiger partial charge in [0.25, 0.3) is 0 Å². The van der Waals surface area contributed by atoms with Gasteiger partial charge in [-0.1, -0.05) is 0 Å². The lowest BCUT2D eigenvalue weighted by Crippen LogP contribution is -2.00. The van der Waals surface area contributed by atoms with Gasteiger partial charge in [-0.3, -0.25) is 0 Å². The standard InChI is InChI=1S/C28H24O8/c29-21-9-22(30)14-1-13(21)5-15-2-17(25(33)10-23(15)31)7-19-4-20(28(36)12-27(19)35)8-18-3-16(6-14)24(32)11-26(18)34/h1-4,9-12,29-36H,5-8H2. The van der Waals surface area contributed by atoms with Crippen molar-refractivity contribution >= 4 is 0 Å². The quantitative estimate of drug-likeness (QED) is 0.162. The molecule has 1 aliphatic carbocycles. The third-order valence-electron chi connectivity index (χ3n) is 6.64. The molecule has 1 aliphatic rings. The first-order valence-corrected chi connectivity index (χ1v) is 11.2. The van der Waals surface area contributed by atoms with Crippen LogP contribution in [0.5, 0.6) is 46.0 Å². The van der Waals surface area contributed by atoms with Gasteiger partial charge in [0.1, 0.15) is 46.0 Å². The molecule has 0 aromatic heterocycles. The second kappa shape index (κ2) is 8.49. The lowest BCUT2D eigenvalue weighted by atomic mass is 9.91. The fourth-order valence-corrected chi connectivity index (χ4v) is 4.65. The predicted octanol–water partition coefficient (Wildman–Crippen LogP) is 4.01. The predicted molar refractivity (Wildman–Crippen MR) is 130 cm³/mol. The van der Waals surface area contributed by atoms with Crippen molar-refractivity contribution in [2.45, 2.75) is 25.7 Å². The number of phenolic OH excluding ortho intramolecular Hbond substituents is 8. The van der Waals surface area contributed by atoms with E-state index in [9.17, 15) is 40.9 Å². The second-order valence-electron chi connectivity index (χ2n) is 9.15. The molecule has 4 aromatic rings. The zero-order valence-electron chi connectivity index (χ0n) is 19.0.